The number of aliphatic hydroxyl groups excluding tert-OH is 3. The second-order valence-electron chi connectivity index (χ2n) is 4.30. The van der Waals surface area contributed by atoms with Crippen molar-refractivity contribution in [3.63, 3.8) is 0 Å². The van der Waals surface area contributed by atoms with Gasteiger partial charge in [0.2, 0.25) is 0 Å². The van der Waals surface area contributed by atoms with Crippen LogP contribution in [0, 0.1) is 0 Å². The molecule has 4 nitrogen and oxygen atoms in total. The Balaban J connectivity index is -0.0000000610. The van der Waals surface area contributed by atoms with E-state index in [2.05, 4.69) is 0 Å². The molecule has 0 aliphatic heterocycles. The lowest BCUT2D eigenvalue weighted by atomic mass is 10.2. The van der Waals surface area contributed by atoms with E-state index >= 15 is 0 Å². The molecular weight excluding hydrogens is 208 g/mol. The van der Waals surface area contributed by atoms with E-state index in [9.17, 15) is 0 Å². The van der Waals surface area contributed by atoms with Crippen LogP contribution in [0.4, 0.5) is 0 Å². The van der Waals surface area contributed by atoms with E-state index in [0.717, 1.165) is 6.42 Å². The Morgan fingerprint density at radius 1 is 1.00 bits per heavy atom. The van der Waals surface area contributed by atoms with E-state index in [1.807, 2.05) is 6.92 Å². The summed E-state index contributed by atoms with van der Waals surface area (Å²) in [5.41, 5.74) is -0.500. The summed E-state index contributed by atoms with van der Waals surface area (Å²) in [6.07, 6.45) is 0.708. The fourth-order valence-corrected chi connectivity index (χ4v) is 0. The van der Waals surface area contributed by atoms with Crippen molar-refractivity contribution in [3.05, 3.63) is 0 Å². The van der Waals surface area contributed by atoms with Gasteiger partial charge in [-0.3, -0.25) is 0 Å². The minimum Gasteiger partial charge on any atom is -0.397 e. The SMILES string of the molecule is CC(C)(C)O.CC(C)O.CCCO.CCO. The van der Waals surface area contributed by atoms with Gasteiger partial charge in [0.25, 0.3) is 0 Å². The Hall–Kier alpha value is -0.160. The summed E-state index contributed by atoms with van der Waals surface area (Å²) in [7, 11) is 0. The highest BCUT2D eigenvalue weighted by Crippen LogP contribution is 1.93. The summed E-state index contributed by atoms with van der Waals surface area (Å²) in [5, 5.41) is 32.0. The fraction of sp³-hybridized carbons (Fsp3) is 1.00. The lowest BCUT2D eigenvalue weighted by Gasteiger charge is -2.04. The molecule has 0 saturated carbocycles. The monoisotopic (exact) mass is 240 g/mol. The van der Waals surface area contributed by atoms with Gasteiger partial charge in [0.15, 0.2) is 0 Å². The fourth-order valence-electron chi connectivity index (χ4n) is 0. The van der Waals surface area contributed by atoms with E-state index in [4.69, 9.17) is 20.4 Å². The van der Waals surface area contributed by atoms with Gasteiger partial charge in [-0.05, 0) is 48.0 Å². The molecule has 0 fully saturated rings. The smallest absolute Gasteiger partial charge is 0.0563 e. The summed E-state index contributed by atoms with van der Waals surface area (Å²) < 4.78 is 0. The molecule has 0 aliphatic rings. The molecule has 0 rings (SSSR count). The van der Waals surface area contributed by atoms with Crippen molar-refractivity contribution in [2.24, 2.45) is 0 Å². The molecule has 0 aromatic rings. The molecule has 0 aromatic carbocycles. The molecule has 0 bridgehead atoms. The normalized spacial score (nSPS) is 9.00. The van der Waals surface area contributed by atoms with E-state index in [1.165, 1.54) is 0 Å². The van der Waals surface area contributed by atoms with Crippen LogP contribution in [0.2, 0.25) is 0 Å². The molecule has 0 saturated heterocycles. The van der Waals surface area contributed by atoms with E-state index in [1.54, 1.807) is 41.5 Å². The van der Waals surface area contributed by atoms with Gasteiger partial charge < -0.3 is 20.4 Å². The minimum absolute atomic E-state index is 0.167. The quantitative estimate of drug-likeness (QED) is 0.560. The number of hydrogen-bond donors (Lipinski definition) is 4. The van der Waals surface area contributed by atoms with Crippen LogP contribution in [0.5, 0.6) is 0 Å². The van der Waals surface area contributed by atoms with Crippen LogP contribution in [0.3, 0.4) is 0 Å². The Morgan fingerprint density at radius 2 is 1.06 bits per heavy atom. The molecule has 0 aliphatic carbocycles. The molecule has 104 valence electrons. The maximum atomic E-state index is 8.52. The van der Waals surface area contributed by atoms with Gasteiger partial charge in [0.1, 0.15) is 0 Å². The summed E-state index contributed by atoms with van der Waals surface area (Å²) in [5.74, 6) is 0. The van der Waals surface area contributed by atoms with Gasteiger partial charge in [-0.1, -0.05) is 6.92 Å². The van der Waals surface area contributed by atoms with Crippen LogP contribution in [-0.4, -0.2) is 45.3 Å². The van der Waals surface area contributed by atoms with Crippen molar-refractivity contribution in [1.29, 1.82) is 0 Å². The minimum atomic E-state index is -0.500. The largest absolute Gasteiger partial charge is 0.397 e. The third-order valence-electron chi connectivity index (χ3n) is 0.224. The molecule has 0 heterocycles. The maximum Gasteiger partial charge on any atom is 0.0563 e. The van der Waals surface area contributed by atoms with Crippen LogP contribution in [-0.2, 0) is 0 Å². The van der Waals surface area contributed by atoms with Crippen molar-refractivity contribution in [2.75, 3.05) is 13.2 Å². The van der Waals surface area contributed by atoms with Gasteiger partial charge in [0, 0.05) is 19.3 Å². The van der Waals surface area contributed by atoms with Gasteiger partial charge >= 0.3 is 0 Å². The molecule has 4 heteroatoms. The number of hydrogen-bond acceptors (Lipinski definition) is 4. The first-order chi connectivity index (χ1) is 7.06. The van der Waals surface area contributed by atoms with Gasteiger partial charge in [0.05, 0.1) is 5.60 Å². The molecule has 0 aromatic heterocycles. The molecule has 0 unspecified atom stereocenters. The van der Waals surface area contributed by atoms with Gasteiger partial charge in [-0.15, -0.1) is 0 Å². The summed E-state index contributed by atoms with van der Waals surface area (Å²) in [6.45, 7) is 12.9. The van der Waals surface area contributed by atoms with Gasteiger partial charge in [-0.25, -0.2) is 0 Å². The highest BCUT2D eigenvalue weighted by molar-refractivity contribution is 4.50. The highest BCUT2D eigenvalue weighted by atomic mass is 16.3. The van der Waals surface area contributed by atoms with Gasteiger partial charge in [-0.2, -0.15) is 0 Å². The van der Waals surface area contributed by atoms with Crippen LogP contribution in [0.15, 0.2) is 0 Å². The molecule has 0 spiro atoms. The molecule has 16 heavy (non-hydrogen) atoms. The second kappa shape index (κ2) is 20.3. The maximum absolute atomic E-state index is 8.52. The average Bonchev–Trinajstić information content (AvgIpc) is 2.01. The predicted octanol–water partition coefficient (Wildman–Crippen LogP) is 1.55. The Morgan fingerprint density at radius 3 is 1.06 bits per heavy atom. The molecular formula is C12H32O4. The lowest BCUT2D eigenvalue weighted by molar-refractivity contribution is 0.102. The number of rotatable bonds is 1. The summed E-state index contributed by atoms with van der Waals surface area (Å²) >= 11 is 0. The zero-order valence-corrected chi connectivity index (χ0v) is 12.0. The average molecular weight is 240 g/mol. The Labute approximate surface area is 101 Å². The first-order valence-corrected chi connectivity index (χ1v) is 5.68. The molecule has 0 amide bonds. The topological polar surface area (TPSA) is 80.9 Å². The molecule has 0 atom stereocenters. The summed E-state index contributed by atoms with van der Waals surface area (Å²) in [4.78, 5) is 0. The van der Waals surface area contributed by atoms with E-state index < -0.39 is 5.60 Å². The third kappa shape index (κ3) is 3230. The first kappa shape index (κ1) is 24.9. The summed E-state index contributed by atoms with van der Waals surface area (Å²) in [6, 6.07) is 0. The number of aliphatic hydroxyl groups is 4. The first-order valence-electron chi connectivity index (χ1n) is 5.68. The van der Waals surface area contributed by atoms with E-state index in [0.29, 0.717) is 6.61 Å². The van der Waals surface area contributed by atoms with Crippen LogP contribution >= 0.6 is 0 Å². The molecule has 4 N–H and O–H groups in total. The third-order valence-corrected chi connectivity index (χ3v) is 0.224. The van der Waals surface area contributed by atoms with E-state index in [-0.39, 0.29) is 12.7 Å². The zero-order chi connectivity index (χ0) is 14.2. The van der Waals surface area contributed by atoms with Crippen LogP contribution in [0.1, 0.15) is 54.9 Å². The van der Waals surface area contributed by atoms with Crippen molar-refractivity contribution in [1.82, 2.24) is 0 Å². The highest BCUT2D eigenvalue weighted by Gasteiger charge is 1.97. The lowest BCUT2D eigenvalue weighted by Crippen LogP contribution is -2.10. The predicted molar refractivity (Wildman–Crippen MR) is 69.5 cm³/mol. The van der Waals surface area contributed by atoms with Crippen LogP contribution in [0.25, 0.3) is 0 Å². The van der Waals surface area contributed by atoms with Crippen molar-refractivity contribution in [2.45, 2.75) is 66.6 Å². The zero-order valence-electron chi connectivity index (χ0n) is 12.0. The second-order valence-corrected chi connectivity index (χ2v) is 4.30. The Kier molecular flexibility index (Phi) is 31.5. The Bertz CT molecular complexity index is 76.8. The van der Waals surface area contributed by atoms with Crippen molar-refractivity contribution < 1.29 is 20.4 Å². The van der Waals surface area contributed by atoms with Crippen LogP contribution < -0.4 is 0 Å². The molecule has 0 radical (unpaired) electrons. The standard InChI is InChI=1S/C4H10O.2C3H8O.C2H6O/c1-4(2,3)5;1-3(2)4;1-2-3-4;1-2-3/h5H,1-3H3;3-4H,1-2H3;4H,2-3H2,1H3;3H,2H2,1H3. The van der Waals surface area contributed by atoms with Crippen molar-refractivity contribution in [3.8, 4) is 0 Å². The van der Waals surface area contributed by atoms with Crippen molar-refractivity contribution >= 4 is 0 Å².